The highest BCUT2D eigenvalue weighted by atomic mass is 32.1. The van der Waals surface area contributed by atoms with Gasteiger partial charge in [-0.05, 0) is 49.8 Å². The molecular weight excluding hydrogens is 445 g/mol. The summed E-state index contributed by atoms with van der Waals surface area (Å²) in [5.41, 5.74) is 1.31. The lowest BCUT2D eigenvalue weighted by Gasteiger charge is -2.13. The molecule has 0 spiro atoms. The zero-order valence-corrected chi connectivity index (χ0v) is 18.3. The summed E-state index contributed by atoms with van der Waals surface area (Å²) in [6, 6.07) is 14.1. The highest BCUT2D eigenvalue weighted by Crippen LogP contribution is 2.40. The van der Waals surface area contributed by atoms with Gasteiger partial charge < -0.3 is 15.4 Å². The Balaban J connectivity index is 1.91. The van der Waals surface area contributed by atoms with Crippen LogP contribution in [-0.2, 0) is 10.9 Å². The number of anilines is 2. The van der Waals surface area contributed by atoms with E-state index < -0.39 is 17.7 Å². The molecule has 162 valence electrons. The molecule has 0 atom stereocenters. The van der Waals surface area contributed by atoms with Crippen molar-refractivity contribution in [3.8, 4) is 11.1 Å². The highest BCUT2D eigenvalue weighted by molar-refractivity contribution is 7.80. The van der Waals surface area contributed by atoms with Crippen molar-refractivity contribution < 1.29 is 22.7 Å². The van der Waals surface area contributed by atoms with Crippen molar-refractivity contribution in [3.63, 3.8) is 0 Å². The Hall–Kier alpha value is -2.91. The van der Waals surface area contributed by atoms with Gasteiger partial charge in [-0.2, -0.15) is 13.2 Å². The molecular formula is C22H19F3N2O2S2. The molecule has 0 amide bonds. The third-order valence-corrected chi connectivity index (χ3v) is 5.53. The molecule has 4 nitrogen and oxygen atoms in total. The molecule has 1 heterocycles. The molecule has 3 rings (SSSR count). The molecule has 0 bridgehead atoms. The predicted molar refractivity (Wildman–Crippen MR) is 122 cm³/mol. The number of ether oxygens (including phenoxy) is 1. The minimum atomic E-state index is -4.46. The summed E-state index contributed by atoms with van der Waals surface area (Å²) < 4.78 is 44.1. The topological polar surface area (TPSA) is 50.4 Å². The van der Waals surface area contributed by atoms with E-state index in [1.165, 1.54) is 23.5 Å². The normalized spacial score (nSPS) is 11.1. The van der Waals surface area contributed by atoms with Gasteiger partial charge in [0.15, 0.2) is 5.11 Å². The lowest BCUT2D eigenvalue weighted by Crippen LogP contribution is -2.20. The van der Waals surface area contributed by atoms with Crippen molar-refractivity contribution in [2.45, 2.75) is 20.0 Å². The average Bonchev–Trinajstić information content (AvgIpc) is 3.04. The summed E-state index contributed by atoms with van der Waals surface area (Å²) >= 11 is 6.60. The predicted octanol–water partition coefficient (Wildman–Crippen LogP) is 6.73. The second-order valence-electron chi connectivity index (χ2n) is 6.48. The number of thiocarbonyl (C=S) groups is 1. The van der Waals surface area contributed by atoms with Gasteiger partial charge in [-0.15, -0.1) is 11.3 Å². The first kappa shape index (κ1) is 22.8. The van der Waals surface area contributed by atoms with Crippen molar-refractivity contribution >= 4 is 45.3 Å². The minimum absolute atomic E-state index is 0.0609. The molecule has 0 aliphatic carbocycles. The van der Waals surface area contributed by atoms with Crippen LogP contribution in [0.4, 0.5) is 23.9 Å². The molecule has 0 aliphatic heterocycles. The number of esters is 1. The molecule has 0 fully saturated rings. The molecule has 1 aromatic heterocycles. The van der Waals surface area contributed by atoms with E-state index in [-0.39, 0.29) is 17.4 Å². The maximum Gasteiger partial charge on any atom is 0.416 e. The van der Waals surface area contributed by atoms with Crippen LogP contribution < -0.4 is 10.6 Å². The SMILES string of the molecule is CCOC(=O)c1c(NC(=S)Nc2cccc(C(F)(F)F)c2)sc(C)c1-c1ccccc1. The fourth-order valence-electron chi connectivity index (χ4n) is 3.02. The largest absolute Gasteiger partial charge is 0.462 e. The van der Waals surface area contributed by atoms with E-state index in [0.717, 1.165) is 28.1 Å². The zero-order chi connectivity index (χ0) is 22.6. The number of thiophene rings is 1. The fraction of sp³-hybridized carbons (Fsp3) is 0.182. The molecule has 0 radical (unpaired) electrons. The van der Waals surface area contributed by atoms with E-state index in [1.54, 1.807) is 6.92 Å². The third kappa shape index (κ3) is 5.42. The molecule has 2 N–H and O–H groups in total. The number of carbonyl (C=O) groups excluding carboxylic acids is 1. The van der Waals surface area contributed by atoms with E-state index in [1.807, 2.05) is 37.3 Å². The number of aryl methyl sites for hydroxylation is 1. The third-order valence-electron chi connectivity index (χ3n) is 4.30. The molecule has 3 aromatic rings. The van der Waals surface area contributed by atoms with Gasteiger partial charge in [-0.3, -0.25) is 0 Å². The monoisotopic (exact) mass is 464 g/mol. The summed E-state index contributed by atoms with van der Waals surface area (Å²) in [5, 5.41) is 6.21. The van der Waals surface area contributed by atoms with Gasteiger partial charge in [0.25, 0.3) is 0 Å². The number of hydrogen-bond acceptors (Lipinski definition) is 4. The Morgan fingerprint density at radius 1 is 1.10 bits per heavy atom. The van der Waals surface area contributed by atoms with Crippen LogP contribution in [0.15, 0.2) is 54.6 Å². The van der Waals surface area contributed by atoms with Gasteiger partial charge in [-0.25, -0.2) is 4.79 Å². The number of nitrogens with one attached hydrogen (secondary N) is 2. The van der Waals surface area contributed by atoms with Gasteiger partial charge in [0.05, 0.1) is 12.2 Å². The number of benzene rings is 2. The van der Waals surface area contributed by atoms with Gasteiger partial charge in [-0.1, -0.05) is 36.4 Å². The van der Waals surface area contributed by atoms with Crippen LogP contribution in [-0.4, -0.2) is 17.7 Å². The van der Waals surface area contributed by atoms with Crippen molar-refractivity contribution in [2.75, 3.05) is 17.2 Å². The van der Waals surface area contributed by atoms with E-state index >= 15 is 0 Å². The zero-order valence-electron chi connectivity index (χ0n) is 16.7. The summed E-state index contributed by atoms with van der Waals surface area (Å²) in [7, 11) is 0. The van der Waals surface area contributed by atoms with E-state index in [2.05, 4.69) is 10.6 Å². The van der Waals surface area contributed by atoms with Gasteiger partial charge in [0.1, 0.15) is 10.6 Å². The van der Waals surface area contributed by atoms with Crippen LogP contribution >= 0.6 is 23.6 Å². The molecule has 0 saturated heterocycles. The van der Waals surface area contributed by atoms with Gasteiger partial charge >= 0.3 is 12.1 Å². The first-order valence-corrected chi connectivity index (χ1v) is 10.5. The van der Waals surface area contributed by atoms with Crippen molar-refractivity contribution in [1.29, 1.82) is 0 Å². The van der Waals surface area contributed by atoms with Crippen LogP contribution in [0.3, 0.4) is 0 Å². The second-order valence-corrected chi connectivity index (χ2v) is 8.11. The molecule has 2 aromatic carbocycles. The van der Waals surface area contributed by atoms with E-state index in [9.17, 15) is 18.0 Å². The Morgan fingerprint density at radius 2 is 1.81 bits per heavy atom. The lowest BCUT2D eigenvalue weighted by molar-refractivity contribution is -0.137. The van der Waals surface area contributed by atoms with E-state index in [0.29, 0.717) is 10.6 Å². The summed E-state index contributed by atoms with van der Waals surface area (Å²) in [6.45, 7) is 3.80. The van der Waals surface area contributed by atoms with Crippen molar-refractivity contribution in [1.82, 2.24) is 0 Å². The molecule has 0 saturated carbocycles. The first-order chi connectivity index (χ1) is 14.7. The fourth-order valence-corrected chi connectivity index (χ4v) is 4.38. The number of hydrogen-bond donors (Lipinski definition) is 2. The number of carbonyl (C=O) groups is 1. The summed E-state index contributed by atoms with van der Waals surface area (Å²) in [4.78, 5) is 13.6. The van der Waals surface area contributed by atoms with Crippen LogP contribution in [0.1, 0.15) is 27.7 Å². The van der Waals surface area contributed by atoms with E-state index in [4.69, 9.17) is 17.0 Å². The van der Waals surface area contributed by atoms with Crippen LogP contribution in [0, 0.1) is 6.92 Å². The smallest absolute Gasteiger partial charge is 0.416 e. The van der Waals surface area contributed by atoms with Crippen LogP contribution in [0.25, 0.3) is 11.1 Å². The number of rotatable bonds is 5. The number of halogens is 3. The minimum Gasteiger partial charge on any atom is -0.462 e. The Bertz CT molecular complexity index is 1100. The van der Waals surface area contributed by atoms with Gasteiger partial charge in [0.2, 0.25) is 0 Å². The van der Waals surface area contributed by atoms with Gasteiger partial charge in [0, 0.05) is 16.1 Å². The van der Waals surface area contributed by atoms with Crippen LogP contribution in [0.2, 0.25) is 0 Å². The molecule has 9 heteroatoms. The molecule has 31 heavy (non-hydrogen) atoms. The first-order valence-electron chi connectivity index (χ1n) is 9.32. The molecule has 0 unspecified atom stereocenters. The summed E-state index contributed by atoms with van der Waals surface area (Å²) in [5.74, 6) is -0.505. The maximum absolute atomic E-state index is 12.9. The van der Waals surface area contributed by atoms with Crippen molar-refractivity contribution in [3.05, 3.63) is 70.6 Å². The Morgan fingerprint density at radius 3 is 2.45 bits per heavy atom. The van der Waals surface area contributed by atoms with Crippen molar-refractivity contribution in [2.24, 2.45) is 0 Å². The maximum atomic E-state index is 12.9. The van der Waals surface area contributed by atoms with Crippen LogP contribution in [0.5, 0.6) is 0 Å². The lowest BCUT2D eigenvalue weighted by atomic mass is 10.0. The molecule has 0 aliphatic rings. The Kier molecular flexibility index (Phi) is 6.97. The quantitative estimate of drug-likeness (QED) is 0.324. The average molecular weight is 465 g/mol. The summed E-state index contributed by atoms with van der Waals surface area (Å²) in [6.07, 6.45) is -4.46. The highest BCUT2D eigenvalue weighted by Gasteiger charge is 2.30. The number of alkyl halides is 3. The standard InChI is InChI=1S/C22H19F3N2O2S2/c1-3-29-20(28)18-17(14-8-5-4-6-9-14)13(2)31-19(18)27-21(30)26-16-11-7-10-15(12-16)22(23,24)25/h4-12H,3H2,1-2H3,(H2,26,27,30). The Labute approximate surface area is 187 Å². The second kappa shape index (κ2) is 9.49.